The van der Waals surface area contributed by atoms with E-state index in [-0.39, 0.29) is 0 Å². The molecule has 0 saturated carbocycles. The average Bonchev–Trinajstić information content (AvgIpc) is 2.94. The first-order valence-electron chi connectivity index (χ1n) is 9.98. The summed E-state index contributed by atoms with van der Waals surface area (Å²) in [6.07, 6.45) is 0. The molecule has 0 radical (unpaired) electrons. The molecule has 4 heteroatoms. The molecule has 1 fully saturated rings. The Balaban J connectivity index is 2.87. The summed E-state index contributed by atoms with van der Waals surface area (Å²) in [5, 5.41) is 1.25. The van der Waals surface area contributed by atoms with E-state index in [1.807, 2.05) is 0 Å². The molecule has 24 heavy (non-hydrogen) atoms. The summed E-state index contributed by atoms with van der Waals surface area (Å²) in [4.78, 5) is 0. The first kappa shape index (κ1) is 20.6. The van der Waals surface area contributed by atoms with Crippen LogP contribution in [0.3, 0.4) is 0 Å². The summed E-state index contributed by atoms with van der Waals surface area (Å²) in [6, 6.07) is 0. The molecule has 0 bridgehead atoms. The lowest BCUT2D eigenvalue weighted by atomic mass is 9.10. The highest BCUT2D eigenvalue weighted by atomic mass is 28.4. The topological polar surface area (TPSA) is 0 Å². The zero-order chi connectivity index (χ0) is 19.3. The monoisotopic (exact) mass is 360 g/mol. The molecule has 1 unspecified atom stereocenters. The Morgan fingerprint density at radius 1 is 0.708 bits per heavy atom. The highest BCUT2D eigenvalue weighted by molar-refractivity contribution is 7.27. The van der Waals surface area contributed by atoms with Crippen molar-refractivity contribution < 1.29 is 0 Å². The molecule has 2 aliphatic rings. The molecule has 0 aliphatic carbocycles. The van der Waals surface area contributed by atoms with Crippen LogP contribution in [0.15, 0.2) is 11.0 Å². The highest BCUT2D eigenvalue weighted by Gasteiger charge is 2.92. The van der Waals surface area contributed by atoms with Gasteiger partial charge in [0.15, 0.2) is 6.71 Å². The molecule has 2 aliphatic heterocycles. The van der Waals surface area contributed by atoms with Gasteiger partial charge in [-0.1, -0.05) is 114 Å². The quantitative estimate of drug-likeness (QED) is 0.455. The molecule has 2 heterocycles. The van der Waals surface area contributed by atoms with E-state index in [1.165, 1.54) is 0 Å². The van der Waals surface area contributed by atoms with Gasteiger partial charge in [0.1, 0.15) is 6.71 Å². The Morgan fingerprint density at radius 3 is 1.29 bits per heavy atom. The maximum absolute atomic E-state index is 2.68. The van der Waals surface area contributed by atoms with Crippen LogP contribution in [0, 0.1) is 0 Å². The van der Waals surface area contributed by atoms with Gasteiger partial charge in [-0.3, -0.25) is 0 Å². The van der Waals surface area contributed by atoms with Gasteiger partial charge in [-0.15, -0.1) is 5.47 Å². The molecule has 1 spiro atoms. The molecule has 0 aromatic rings. The minimum absolute atomic E-state index is 0.369. The summed E-state index contributed by atoms with van der Waals surface area (Å²) in [5.74, 6) is 0. The second-order valence-electron chi connectivity index (χ2n) is 13.1. The van der Waals surface area contributed by atoms with Crippen LogP contribution in [0.4, 0.5) is 0 Å². The Kier molecular flexibility index (Phi) is 4.27. The van der Waals surface area contributed by atoms with Crippen molar-refractivity contribution in [3.8, 4) is 0 Å². The van der Waals surface area contributed by atoms with E-state index in [4.69, 9.17) is 0 Å². The van der Waals surface area contributed by atoms with Crippen LogP contribution < -0.4 is 0 Å². The van der Waals surface area contributed by atoms with E-state index in [9.17, 15) is 0 Å². The van der Waals surface area contributed by atoms with E-state index in [1.54, 1.807) is 11.0 Å². The largest absolute Gasteiger partial charge is 0.178 e. The summed E-state index contributed by atoms with van der Waals surface area (Å²) in [5.41, 5.74) is 3.50. The molecular weight excluding hydrogens is 318 g/mol. The molecule has 0 aromatic carbocycles. The van der Waals surface area contributed by atoms with Gasteiger partial charge in [0.05, 0.1) is 0 Å². The van der Waals surface area contributed by atoms with Crippen LogP contribution in [0.1, 0.15) is 55.4 Å². The van der Waals surface area contributed by atoms with Crippen LogP contribution in [-0.4, -0.2) is 29.6 Å². The van der Waals surface area contributed by atoms with Crippen molar-refractivity contribution in [1.82, 2.24) is 0 Å². The van der Waals surface area contributed by atoms with Crippen molar-refractivity contribution in [1.29, 1.82) is 0 Å². The van der Waals surface area contributed by atoms with Crippen LogP contribution in [0.2, 0.25) is 59.7 Å². The van der Waals surface area contributed by atoms with Gasteiger partial charge < -0.3 is 0 Å². The van der Waals surface area contributed by atoms with Crippen LogP contribution in [-0.2, 0) is 0 Å². The highest BCUT2D eigenvalue weighted by Crippen LogP contribution is 2.94. The molecule has 136 valence electrons. The van der Waals surface area contributed by atoms with Crippen molar-refractivity contribution in [2.75, 3.05) is 0 Å². The van der Waals surface area contributed by atoms with Crippen LogP contribution in [0.25, 0.3) is 0 Å². The molecule has 0 aromatic heterocycles. The summed E-state index contributed by atoms with van der Waals surface area (Å²) >= 11 is 0. The first-order valence-corrected chi connectivity index (χ1v) is 17.0. The van der Waals surface area contributed by atoms with Gasteiger partial charge in [-0.05, 0) is 6.92 Å². The lowest BCUT2D eigenvalue weighted by Crippen LogP contribution is -2.55. The van der Waals surface area contributed by atoms with Gasteiger partial charge in [0, 0.05) is 16.1 Å². The average molecular weight is 360 g/mol. The van der Waals surface area contributed by atoms with E-state index in [0.29, 0.717) is 20.4 Å². The summed E-state index contributed by atoms with van der Waals surface area (Å²) in [7, 11) is -2.70. The number of rotatable bonds is 2. The SMILES string of the molecule is CC1=C(C)C2(B1C(C)(C)C)B(C(C)(C)C)C2([Si](C)(C)C)[Si](C)(C)C. The molecular formula is C20H42B2Si2. The maximum Gasteiger partial charge on any atom is 0.178 e. The Bertz CT molecular complexity index is 565. The zero-order valence-electron chi connectivity index (χ0n) is 19.2. The third-order valence-corrected chi connectivity index (χ3v) is 18.3. The normalized spacial score (nSPS) is 27.8. The third kappa shape index (κ3) is 2.11. The Morgan fingerprint density at radius 2 is 1.08 bits per heavy atom. The molecule has 1 atom stereocenters. The lowest BCUT2D eigenvalue weighted by Gasteiger charge is -2.55. The minimum Gasteiger partial charge on any atom is -0.105 e. The molecule has 0 nitrogen and oxygen atoms in total. The van der Waals surface area contributed by atoms with Gasteiger partial charge in [0.2, 0.25) is 0 Å². The standard InChI is InChI=1S/C20H42B2Si2/c1-15-16(2)21(17(3,4)5)19(15)20(23(9,10)11,24(12,13)14)22(19)18(6,7)8/h1-14H3. The fraction of sp³-hybridized carbons (Fsp3) is 0.900. The summed E-state index contributed by atoms with van der Waals surface area (Å²) in [6.45, 7) is 37.7. The van der Waals surface area contributed by atoms with Crippen LogP contribution >= 0.6 is 0 Å². The van der Waals surface area contributed by atoms with Crippen molar-refractivity contribution in [2.24, 2.45) is 0 Å². The van der Waals surface area contributed by atoms with Crippen molar-refractivity contribution in [3.63, 3.8) is 0 Å². The third-order valence-electron chi connectivity index (χ3n) is 7.66. The van der Waals surface area contributed by atoms with Gasteiger partial charge >= 0.3 is 0 Å². The number of hydrogen-bond donors (Lipinski definition) is 0. The second-order valence-corrected chi connectivity index (χ2v) is 24.2. The smallest absolute Gasteiger partial charge is 0.105 e. The maximum atomic E-state index is 2.68. The van der Waals surface area contributed by atoms with E-state index < -0.39 is 16.1 Å². The Labute approximate surface area is 155 Å². The van der Waals surface area contributed by atoms with Gasteiger partial charge in [0.25, 0.3) is 0 Å². The predicted octanol–water partition coefficient (Wildman–Crippen LogP) is 7.25. The van der Waals surface area contributed by atoms with Crippen molar-refractivity contribution in [2.45, 2.75) is 115 Å². The predicted molar refractivity (Wildman–Crippen MR) is 121 cm³/mol. The van der Waals surface area contributed by atoms with Crippen LogP contribution in [0.5, 0.6) is 0 Å². The Hall–Kier alpha value is 0.304. The van der Waals surface area contributed by atoms with Crippen molar-refractivity contribution in [3.05, 3.63) is 11.0 Å². The number of allylic oxidation sites excluding steroid dienone is 2. The van der Waals surface area contributed by atoms with E-state index in [0.717, 1.165) is 13.4 Å². The fourth-order valence-corrected chi connectivity index (χ4v) is 23.7. The minimum atomic E-state index is -1.35. The number of hydrogen-bond acceptors (Lipinski definition) is 0. The molecule has 0 amide bonds. The molecule has 1 saturated heterocycles. The summed E-state index contributed by atoms with van der Waals surface area (Å²) < 4.78 is 0.618. The van der Waals surface area contributed by atoms with E-state index in [2.05, 4.69) is 94.7 Å². The van der Waals surface area contributed by atoms with Crippen molar-refractivity contribution >= 4 is 29.6 Å². The first-order chi connectivity index (χ1) is 10.3. The fourth-order valence-electron chi connectivity index (χ4n) is 8.32. The zero-order valence-corrected chi connectivity index (χ0v) is 21.2. The second kappa shape index (κ2) is 4.97. The van der Waals surface area contributed by atoms with Gasteiger partial charge in [-0.2, -0.15) is 0 Å². The lowest BCUT2D eigenvalue weighted by molar-refractivity contribution is 0.690. The van der Waals surface area contributed by atoms with E-state index >= 15 is 0 Å². The molecule has 2 rings (SSSR count). The van der Waals surface area contributed by atoms with Gasteiger partial charge in [-0.25, -0.2) is 0 Å². The molecule has 0 N–H and O–H groups in total.